The molecule has 0 saturated carbocycles. The van der Waals surface area contributed by atoms with E-state index in [0.29, 0.717) is 24.5 Å². The highest BCUT2D eigenvalue weighted by atomic mass is 16.6. The fraction of sp³-hybridized carbons (Fsp3) is 0.333. The zero-order valence-electron chi connectivity index (χ0n) is 14.0. The molecule has 0 aliphatic heterocycles. The lowest BCUT2D eigenvalue weighted by Crippen LogP contribution is -2.35. The minimum atomic E-state index is -0.258. The molecule has 0 spiro atoms. The van der Waals surface area contributed by atoms with Crippen LogP contribution < -0.4 is 5.48 Å². The smallest absolute Gasteiger partial charge is 0.257 e. The van der Waals surface area contributed by atoms with Gasteiger partial charge < -0.3 is 9.32 Å². The third kappa shape index (κ3) is 4.96. The number of furan rings is 1. The molecule has 128 valence electrons. The van der Waals surface area contributed by atoms with Gasteiger partial charge in [0, 0.05) is 19.5 Å². The maximum atomic E-state index is 12.8. The summed E-state index contributed by atoms with van der Waals surface area (Å²) in [6.07, 6.45) is 1.65. The van der Waals surface area contributed by atoms with E-state index in [1.807, 2.05) is 30.3 Å². The highest BCUT2D eigenvalue weighted by molar-refractivity contribution is 5.95. The normalized spacial score (nSPS) is 10.4. The van der Waals surface area contributed by atoms with Crippen LogP contribution in [-0.4, -0.2) is 29.9 Å². The van der Waals surface area contributed by atoms with Gasteiger partial charge in [0.2, 0.25) is 5.91 Å². The molecule has 1 aromatic carbocycles. The molecule has 6 heteroatoms. The van der Waals surface area contributed by atoms with Crippen LogP contribution in [0.25, 0.3) is 0 Å². The second-order valence-electron chi connectivity index (χ2n) is 5.31. The van der Waals surface area contributed by atoms with Gasteiger partial charge in [0.05, 0.1) is 18.4 Å². The number of amides is 2. The molecule has 2 aromatic rings. The quantitative estimate of drug-likeness (QED) is 0.755. The number of hydrogen-bond donors (Lipinski definition) is 1. The molecule has 2 rings (SSSR count). The van der Waals surface area contributed by atoms with Crippen LogP contribution in [0.5, 0.6) is 0 Å². The highest BCUT2D eigenvalue weighted by Gasteiger charge is 2.20. The highest BCUT2D eigenvalue weighted by Crippen LogP contribution is 2.15. The van der Waals surface area contributed by atoms with Gasteiger partial charge in [-0.25, -0.2) is 5.48 Å². The summed E-state index contributed by atoms with van der Waals surface area (Å²) in [5.74, 6) is 0.151. The Balaban J connectivity index is 2.08. The molecular weight excluding hydrogens is 308 g/mol. The van der Waals surface area contributed by atoms with Crippen LogP contribution in [0.4, 0.5) is 0 Å². The molecule has 0 bridgehead atoms. The van der Waals surface area contributed by atoms with Crippen LogP contribution in [0.2, 0.25) is 0 Å². The lowest BCUT2D eigenvalue weighted by atomic mass is 10.1. The van der Waals surface area contributed by atoms with E-state index in [1.165, 1.54) is 6.26 Å². The van der Waals surface area contributed by atoms with Crippen molar-refractivity contribution in [2.75, 3.05) is 13.2 Å². The van der Waals surface area contributed by atoms with Gasteiger partial charge in [0.1, 0.15) is 5.76 Å². The largest absolute Gasteiger partial charge is 0.469 e. The number of hydrogen-bond acceptors (Lipinski definition) is 4. The van der Waals surface area contributed by atoms with Crippen molar-refractivity contribution in [3.05, 3.63) is 59.5 Å². The Morgan fingerprint density at radius 1 is 1.21 bits per heavy atom. The fourth-order valence-electron chi connectivity index (χ4n) is 2.27. The average Bonchev–Trinajstić information content (AvgIpc) is 3.03. The van der Waals surface area contributed by atoms with E-state index >= 15 is 0 Å². The van der Waals surface area contributed by atoms with E-state index in [2.05, 4.69) is 5.48 Å². The first-order valence-corrected chi connectivity index (χ1v) is 7.89. The lowest BCUT2D eigenvalue weighted by molar-refractivity contribution is -0.133. The van der Waals surface area contributed by atoms with Gasteiger partial charge in [-0.3, -0.25) is 14.4 Å². The van der Waals surface area contributed by atoms with Gasteiger partial charge >= 0.3 is 0 Å². The Labute approximate surface area is 141 Å². The molecule has 0 saturated heterocycles. The maximum Gasteiger partial charge on any atom is 0.257 e. The SMILES string of the molecule is CCONC(=O)CCN(Cc1ccccc1)C(=O)c1ccoc1C. The van der Waals surface area contributed by atoms with E-state index in [-0.39, 0.29) is 24.8 Å². The van der Waals surface area contributed by atoms with E-state index < -0.39 is 0 Å². The summed E-state index contributed by atoms with van der Waals surface area (Å²) in [5, 5.41) is 0. The molecule has 1 N–H and O–H groups in total. The van der Waals surface area contributed by atoms with Crippen LogP contribution in [-0.2, 0) is 16.2 Å². The summed E-state index contributed by atoms with van der Waals surface area (Å²) in [6.45, 7) is 4.64. The van der Waals surface area contributed by atoms with Crippen molar-refractivity contribution >= 4 is 11.8 Å². The van der Waals surface area contributed by atoms with Crippen molar-refractivity contribution in [3.63, 3.8) is 0 Å². The molecule has 0 aliphatic rings. The number of carbonyl (C=O) groups is 2. The number of carbonyl (C=O) groups excluding carboxylic acids is 2. The molecule has 0 aliphatic carbocycles. The number of hydroxylamine groups is 1. The van der Waals surface area contributed by atoms with Crippen LogP contribution in [0.1, 0.15) is 35.0 Å². The monoisotopic (exact) mass is 330 g/mol. The summed E-state index contributed by atoms with van der Waals surface area (Å²) in [5.41, 5.74) is 3.85. The predicted octanol–water partition coefficient (Wildman–Crippen LogP) is 2.69. The second kappa shape index (κ2) is 8.88. The minimum absolute atomic E-state index is 0.158. The molecule has 1 aromatic heterocycles. The second-order valence-corrected chi connectivity index (χ2v) is 5.31. The average molecular weight is 330 g/mol. The molecule has 0 atom stereocenters. The van der Waals surface area contributed by atoms with Crippen molar-refractivity contribution in [2.24, 2.45) is 0 Å². The Kier molecular flexibility index (Phi) is 6.57. The fourth-order valence-corrected chi connectivity index (χ4v) is 2.27. The van der Waals surface area contributed by atoms with Crippen molar-refractivity contribution in [1.82, 2.24) is 10.4 Å². The number of nitrogens with one attached hydrogen (secondary N) is 1. The van der Waals surface area contributed by atoms with Crippen LogP contribution >= 0.6 is 0 Å². The summed E-state index contributed by atoms with van der Waals surface area (Å²) >= 11 is 0. The van der Waals surface area contributed by atoms with Crippen molar-refractivity contribution in [3.8, 4) is 0 Å². The summed E-state index contributed by atoms with van der Waals surface area (Å²) < 4.78 is 5.22. The third-order valence-electron chi connectivity index (χ3n) is 3.53. The van der Waals surface area contributed by atoms with Crippen LogP contribution in [0.3, 0.4) is 0 Å². The zero-order valence-corrected chi connectivity index (χ0v) is 14.0. The minimum Gasteiger partial charge on any atom is -0.469 e. The van der Waals surface area contributed by atoms with E-state index in [9.17, 15) is 9.59 Å². The molecule has 0 unspecified atom stereocenters. The molecular formula is C18H22N2O4. The first-order valence-electron chi connectivity index (χ1n) is 7.89. The number of benzene rings is 1. The Bertz CT molecular complexity index is 667. The lowest BCUT2D eigenvalue weighted by Gasteiger charge is -2.22. The van der Waals surface area contributed by atoms with Crippen molar-refractivity contribution in [1.29, 1.82) is 0 Å². The van der Waals surface area contributed by atoms with Gasteiger partial charge in [-0.1, -0.05) is 30.3 Å². The van der Waals surface area contributed by atoms with Crippen molar-refractivity contribution in [2.45, 2.75) is 26.8 Å². The van der Waals surface area contributed by atoms with Gasteiger partial charge in [-0.05, 0) is 25.5 Å². The first kappa shape index (κ1) is 17.7. The molecule has 6 nitrogen and oxygen atoms in total. The van der Waals surface area contributed by atoms with Gasteiger partial charge in [-0.15, -0.1) is 0 Å². The van der Waals surface area contributed by atoms with Crippen LogP contribution in [0.15, 0.2) is 47.1 Å². The summed E-state index contributed by atoms with van der Waals surface area (Å²) in [7, 11) is 0. The maximum absolute atomic E-state index is 12.8. The number of rotatable bonds is 8. The van der Waals surface area contributed by atoms with Crippen LogP contribution in [0, 0.1) is 6.92 Å². The molecule has 0 fully saturated rings. The topological polar surface area (TPSA) is 71.8 Å². The molecule has 24 heavy (non-hydrogen) atoms. The third-order valence-corrected chi connectivity index (χ3v) is 3.53. The standard InChI is InChI=1S/C18H22N2O4/c1-3-24-19-17(21)9-11-20(13-15-7-5-4-6-8-15)18(22)16-10-12-23-14(16)2/h4-8,10,12H,3,9,11,13H2,1-2H3,(H,19,21). The summed E-state index contributed by atoms with van der Waals surface area (Å²) in [4.78, 5) is 31.0. The molecule has 2 amide bonds. The Hall–Kier alpha value is -2.60. The first-order chi connectivity index (χ1) is 11.6. The molecule has 1 heterocycles. The predicted molar refractivity (Wildman–Crippen MR) is 89.0 cm³/mol. The van der Waals surface area contributed by atoms with Gasteiger partial charge in [-0.2, -0.15) is 0 Å². The van der Waals surface area contributed by atoms with Gasteiger partial charge in [0.25, 0.3) is 5.91 Å². The van der Waals surface area contributed by atoms with E-state index in [0.717, 1.165) is 5.56 Å². The van der Waals surface area contributed by atoms with Gasteiger partial charge in [0.15, 0.2) is 0 Å². The Morgan fingerprint density at radius 2 is 1.96 bits per heavy atom. The summed E-state index contributed by atoms with van der Waals surface area (Å²) in [6, 6.07) is 11.3. The number of nitrogens with zero attached hydrogens (tertiary/aromatic N) is 1. The van der Waals surface area contributed by atoms with E-state index in [4.69, 9.17) is 9.25 Å². The number of aryl methyl sites for hydroxylation is 1. The Morgan fingerprint density at radius 3 is 2.58 bits per heavy atom. The van der Waals surface area contributed by atoms with E-state index in [1.54, 1.807) is 24.8 Å². The van der Waals surface area contributed by atoms with Crippen molar-refractivity contribution < 1.29 is 18.8 Å². The zero-order chi connectivity index (χ0) is 17.4. The molecule has 0 radical (unpaired) electrons.